The topological polar surface area (TPSA) is 99.7 Å². The number of halogens is 6. The predicted octanol–water partition coefficient (Wildman–Crippen LogP) is 7.27. The van der Waals surface area contributed by atoms with Crippen LogP contribution in [0, 0.1) is 0 Å². The number of thiophene rings is 1. The molecular weight excluding hydrogens is 731 g/mol. The highest BCUT2D eigenvalue weighted by Gasteiger charge is 2.55. The first kappa shape index (κ1) is 39.4. The van der Waals surface area contributed by atoms with Crippen molar-refractivity contribution in [1.82, 2.24) is 19.5 Å². The minimum Gasteiger partial charge on any atom is -0.342 e. The van der Waals surface area contributed by atoms with Crippen LogP contribution in [-0.2, 0) is 44.8 Å². The number of hydrogen-bond donors (Lipinski definition) is 1. The molecule has 2 aliphatic heterocycles. The van der Waals surface area contributed by atoms with Gasteiger partial charge in [-0.15, -0.1) is 11.3 Å². The van der Waals surface area contributed by atoms with Gasteiger partial charge >= 0.3 is 12.4 Å². The molecule has 1 aromatic carbocycles. The van der Waals surface area contributed by atoms with E-state index < -0.39 is 62.6 Å². The Balaban J connectivity index is 1.48. The number of rotatable bonds is 10. The maximum atomic E-state index is 15.0. The molecule has 52 heavy (non-hydrogen) atoms. The maximum Gasteiger partial charge on any atom is 0.425 e. The maximum absolute atomic E-state index is 15.0. The van der Waals surface area contributed by atoms with Gasteiger partial charge in [-0.25, -0.2) is 4.21 Å². The highest BCUT2D eigenvalue weighted by Crippen LogP contribution is 2.48. The summed E-state index contributed by atoms with van der Waals surface area (Å²) in [6.45, 7) is 2.34. The van der Waals surface area contributed by atoms with Crippen molar-refractivity contribution in [3.8, 4) is 0 Å². The Morgan fingerprint density at radius 1 is 1.04 bits per heavy atom. The number of carbonyl (C=O) groups excluding carboxylic acids is 3. The summed E-state index contributed by atoms with van der Waals surface area (Å²) in [7, 11) is -1.48. The Bertz CT molecular complexity index is 1790. The molecule has 2 aliphatic rings. The molecule has 0 spiro atoms. The number of nitrogens with one attached hydrogen (secondary N) is 1. The SMILES string of the molecule is CCCC1N(C(=O)c2cnccc2C(F)(F)F)CCCC1(C(=O)N1CCC(c2ccccc2CCC(=O)NS(C)=O)CC1)c1csc(C(F)(F)F)c1. The van der Waals surface area contributed by atoms with Crippen LogP contribution in [0.5, 0.6) is 0 Å². The van der Waals surface area contributed by atoms with Gasteiger partial charge in [-0.1, -0.05) is 37.6 Å². The lowest BCUT2D eigenvalue weighted by Crippen LogP contribution is -2.63. The number of aromatic nitrogens is 1. The van der Waals surface area contributed by atoms with Gasteiger partial charge in [0.15, 0.2) is 0 Å². The normalized spacial score (nSPS) is 20.8. The summed E-state index contributed by atoms with van der Waals surface area (Å²) in [6.07, 6.45) is -3.94. The number of likely N-dealkylation sites (tertiary alicyclic amines) is 2. The van der Waals surface area contributed by atoms with Crippen molar-refractivity contribution >= 4 is 40.0 Å². The molecule has 3 amide bonds. The minimum absolute atomic E-state index is 0.0137. The zero-order valence-electron chi connectivity index (χ0n) is 28.7. The summed E-state index contributed by atoms with van der Waals surface area (Å²) >= 11 is 0.450. The fourth-order valence-electron chi connectivity index (χ4n) is 7.73. The van der Waals surface area contributed by atoms with Gasteiger partial charge in [0.1, 0.15) is 15.9 Å². The summed E-state index contributed by atoms with van der Waals surface area (Å²) in [5, 5.41) is 1.30. The monoisotopic (exact) mass is 770 g/mol. The van der Waals surface area contributed by atoms with Crippen LogP contribution in [-0.4, -0.2) is 68.6 Å². The van der Waals surface area contributed by atoms with E-state index in [0.29, 0.717) is 43.1 Å². The Hall–Kier alpha value is -3.79. The molecular formula is C36H40F6N4O4S2. The number of amides is 3. The molecule has 2 aromatic heterocycles. The number of nitrogens with zero attached hydrogens (tertiary/aromatic N) is 3. The van der Waals surface area contributed by atoms with E-state index in [-0.39, 0.29) is 62.7 Å². The second-order valence-corrected chi connectivity index (χ2v) is 15.3. The van der Waals surface area contributed by atoms with Gasteiger partial charge < -0.3 is 9.80 Å². The molecule has 8 nitrogen and oxygen atoms in total. The molecule has 0 radical (unpaired) electrons. The summed E-state index contributed by atoms with van der Waals surface area (Å²) < 4.78 is 97.8. The fraction of sp³-hybridized carbons (Fsp3) is 0.500. The molecule has 0 aliphatic carbocycles. The number of carbonyl (C=O) groups is 3. The number of piperidine rings is 2. The van der Waals surface area contributed by atoms with Crippen LogP contribution in [0.15, 0.2) is 54.2 Å². The third-order valence-corrected chi connectivity index (χ3v) is 11.5. The van der Waals surface area contributed by atoms with Gasteiger partial charge in [0.05, 0.1) is 22.6 Å². The lowest BCUT2D eigenvalue weighted by atomic mass is 9.66. The quantitative estimate of drug-likeness (QED) is 0.219. The van der Waals surface area contributed by atoms with Gasteiger partial charge in [-0.2, -0.15) is 26.3 Å². The van der Waals surface area contributed by atoms with Gasteiger partial charge in [0.25, 0.3) is 5.91 Å². The van der Waals surface area contributed by atoms with Gasteiger partial charge in [-0.05, 0) is 78.6 Å². The first-order chi connectivity index (χ1) is 24.6. The second-order valence-electron chi connectivity index (χ2n) is 13.2. The van der Waals surface area contributed by atoms with Crippen molar-refractivity contribution in [3.05, 3.63) is 86.9 Å². The van der Waals surface area contributed by atoms with Crippen LogP contribution >= 0.6 is 11.3 Å². The molecule has 2 saturated heterocycles. The van der Waals surface area contributed by atoms with E-state index in [1.807, 2.05) is 24.3 Å². The van der Waals surface area contributed by atoms with Crippen LogP contribution < -0.4 is 4.72 Å². The van der Waals surface area contributed by atoms with E-state index in [0.717, 1.165) is 29.6 Å². The summed E-state index contributed by atoms with van der Waals surface area (Å²) in [6, 6.07) is 8.28. The van der Waals surface area contributed by atoms with E-state index in [1.165, 1.54) is 16.5 Å². The van der Waals surface area contributed by atoms with E-state index in [9.17, 15) is 44.9 Å². The predicted molar refractivity (Wildman–Crippen MR) is 185 cm³/mol. The molecule has 0 bridgehead atoms. The van der Waals surface area contributed by atoms with Crippen molar-refractivity contribution in [1.29, 1.82) is 0 Å². The minimum atomic E-state index is -4.86. The van der Waals surface area contributed by atoms with Crippen molar-refractivity contribution in [3.63, 3.8) is 0 Å². The third kappa shape index (κ3) is 8.37. The summed E-state index contributed by atoms with van der Waals surface area (Å²) in [4.78, 5) is 46.9. The lowest BCUT2D eigenvalue weighted by molar-refractivity contribution is -0.144. The zero-order valence-corrected chi connectivity index (χ0v) is 30.3. The Kier molecular flexibility index (Phi) is 12.2. The van der Waals surface area contributed by atoms with Crippen LogP contribution in [0.3, 0.4) is 0 Å². The largest absolute Gasteiger partial charge is 0.425 e. The van der Waals surface area contributed by atoms with Gasteiger partial charge in [0.2, 0.25) is 11.8 Å². The Labute approximate surface area is 304 Å². The van der Waals surface area contributed by atoms with Crippen molar-refractivity contribution in [2.45, 2.75) is 88.0 Å². The van der Waals surface area contributed by atoms with E-state index in [1.54, 1.807) is 11.8 Å². The van der Waals surface area contributed by atoms with Crippen LogP contribution in [0.2, 0.25) is 0 Å². The molecule has 16 heteroatoms. The van der Waals surface area contributed by atoms with Crippen molar-refractivity contribution < 1.29 is 44.9 Å². The molecule has 3 atom stereocenters. The average molecular weight is 771 g/mol. The van der Waals surface area contributed by atoms with Crippen molar-refractivity contribution in [2.24, 2.45) is 0 Å². The van der Waals surface area contributed by atoms with Gasteiger partial charge in [0, 0.05) is 44.7 Å². The lowest BCUT2D eigenvalue weighted by Gasteiger charge is -2.51. The second kappa shape index (κ2) is 16.1. The van der Waals surface area contributed by atoms with E-state index in [2.05, 4.69) is 9.71 Å². The first-order valence-corrected chi connectivity index (χ1v) is 19.5. The molecule has 4 heterocycles. The number of benzene rings is 1. The number of aryl methyl sites for hydroxylation is 1. The average Bonchev–Trinajstić information content (AvgIpc) is 3.62. The number of pyridine rings is 1. The first-order valence-electron chi connectivity index (χ1n) is 17.1. The zero-order chi connectivity index (χ0) is 37.8. The Morgan fingerprint density at radius 3 is 2.38 bits per heavy atom. The van der Waals surface area contributed by atoms with Crippen LogP contribution in [0.25, 0.3) is 0 Å². The van der Waals surface area contributed by atoms with Crippen LogP contribution in [0.4, 0.5) is 26.3 Å². The standard InChI is InChI=1S/C36H40F6N4O4S2/c1-3-7-29-34(25-20-30(51-22-25)36(40,41)42,15-6-17-46(29)32(48)27-21-43-16-12-28(27)35(37,38)39)33(49)45-18-13-24(14-19-45)26-9-5-4-8-23(26)10-11-31(47)44-52(2)50/h4-5,8-9,12,16,20-22,24,29H,3,6-7,10-11,13-15,17-19H2,1-2H3,(H,44,47). The fourth-order valence-corrected chi connectivity index (χ4v) is 9.01. The third-order valence-electron chi connectivity index (χ3n) is 10.0. The highest BCUT2D eigenvalue weighted by atomic mass is 32.2. The van der Waals surface area contributed by atoms with Crippen LogP contribution in [0.1, 0.15) is 95.3 Å². The smallest absolute Gasteiger partial charge is 0.342 e. The van der Waals surface area contributed by atoms with E-state index >= 15 is 0 Å². The van der Waals surface area contributed by atoms with Crippen molar-refractivity contribution in [2.75, 3.05) is 25.9 Å². The summed E-state index contributed by atoms with van der Waals surface area (Å²) in [5.74, 6) is -1.76. The molecule has 282 valence electrons. The van der Waals surface area contributed by atoms with Gasteiger partial charge in [-0.3, -0.25) is 24.1 Å². The highest BCUT2D eigenvalue weighted by molar-refractivity contribution is 7.82. The van der Waals surface area contributed by atoms with E-state index in [4.69, 9.17) is 0 Å². The Morgan fingerprint density at radius 2 is 1.75 bits per heavy atom. The molecule has 2 fully saturated rings. The number of hydrogen-bond acceptors (Lipinski definition) is 6. The molecule has 5 rings (SSSR count). The molecule has 3 aromatic rings. The molecule has 3 unspecified atom stereocenters. The summed E-state index contributed by atoms with van der Waals surface area (Å²) in [5.41, 5.74) is -1.44. The molecule has 0 saturated carbocycles. The molecule has 1 N–H and O–H groups in total. The number of alkyl halides is 6.